The molecule has 0 spiro atoms. The van der Waals surface area contributed by atoms with Crippen LogP contribution in [0.3, 0.4) is 0 Å². The van der Waals surface area contributed by atoms with Crippen LogP contribution < -0.4 is 42.4 Å². The Hall–Kier alpha value is -6.46. The molecular formula is C43H64N12O11. The maximum atomic E-state index is 14.3. The van der Waals surface area contributed by atoms with Crippen LogP contribution in [0.25, 0.3) is 11.2 Å². The number of Topliss-reactive ketones (excluding diaryl/α,β-unsaturated/α-hetero) is 1. The van der Waals surface area contributed by atoms with Crippen molar-refractivity contribution in [1.82, 2.24) is 40.8 Å². The first-order chi connectivity index (χ1) is 31.6. The lowest BCUT2D eigenvalue weighted by Gasteiger charge is -2.27. The number of aromatic nitrogens is 4. The van der Waals surface area contributed by atoms with Crippen LogP contribution in [0.15, 0.2) is 41.9 Å². The molecule has 66 heavy (non-hydrogen) atoms. The second-order valence-electron chi connectivity index (χ2n) is 16.1. The average Bonchev–Trinajstić information content (AvgIpc) is 3.85. The molecular weight excluding hydrogens is 861 g/mol. The van der Waals surface area contributed by atoms with Gasteiger partial charge in [0.25, 0.3) is 0 Å². The number of hydrogen-bond acceptors (Lipinski definition) is 16. The zero-order valence-electron chi connectivity index (χ0n) is 38.1. The molecule has 4 amide bonds. The lowest BCUT2D eigenvalue weighted by atomic mass is 9.98. The number of nitrogens with one attached hydrogen (secondary N) is 4. The number of anilines is 1. The lowest BCUT2D eigenvalue weighted by molar-refractivity contribution is -0.146. The van der Waals surface area contributed by atoms with Gasteiger partial charge in [-0.1, -0.05) is 25.0 Å². The standard InChI is InChI=1S/C43H64N12O11/c1-6-65-33(59)20-27(12-10-18-46-43(44)45)39(61)47-21-32(58)51-29(13-9-7-8-11-25(2)57)40(62)52-30(19-26-14-16-28(64-5)17-15-26)41(63)53-34-31(22-56)66-42(36(34)60)55-24-50-35-37(54(3)4)48-23-49-38(35)55/h14-17,23-24,27,29-31,34,36,42,56,60H,6-13,18-22H2,1-5H3,(H,47,61)(H,51,58)(H,52,62)(H,53,63)(H4,44,45,46)/t27?,29?,30?,31-,34?,36+,42-/m1/s1. The summed E-state index contributed by atoms with van der Waals surface area (Å²) in [6.07, 6.45) is 1.37. The number of aliphatic imine (C=N–C) groups is 1. The summed E-state index contributed by atoms with van der Waals surface area (Å²) < 4.78 is 17.9. The smallest absolute Gasteiger partial charge is 0.306 e. The Kier molecular flexibility index (Phi) is 20.5. The maximum Gasteiger partial charge on any atom is 0.306 e. The quantitative estimate of drug-likeness (QED) is 0.0199. The molecule has 2 aromatic heterocycles. The zero-order chi connectivity index (χ0) is 48.3. The largest absolute Gasteiger partial charge is 0.497 e. The van der Waals surface area contributed by atoms with Crippen molar-refractivity contribution in [1.29, 1.82) is 0 Å². The number of guanidine groups is 1. The van der Waals surface area contributed by atoms with Crippen LogP contribution in [-0.4, -0.2) is 149 Å². The van der Waals surface area contributed by atoms with Gasteiger partial charge in [0.2, 0.25) is 23.6 Å². The number of aliphatic hydroxyl groups is 2. The van der Waals surface area contributed by atoms with Gasteiger partial charge in [-0.25, -0.2) is 15.0 Å². The van der Waals surface area contributed by atoms with Crippen molar-refractivity contribution < 1.29 is 53.2 Å². The third-order valence-corrected chi connectivity index (χ3v) is 10.8. The molecule has 3 aromatic rings. The minimum Gasteiger partial charge on any atom is -0.497 e. The molecule has 1 aliphatic rings. The van der Waals surface area contributed by atoms with Gasteiger partial charge in [0.15, 0.2) is 29.2 Å². The highest BCUT2D eigenvalue weighted by Gasteiger charge is 2.46. The molecule has 0 bridgehead atoms. The Morgan fingerprint density at radius 1 is 0.955 bits per heavy atom. The molecule has 1 saturated heterocycles. The van der Waals surface area contributed by atoms with Crippen LogP contribution in [-0.2, 0) is 44.7 Å². The number of nitrogens with two attached hydrogens (primary N) is 2. The number of ether oxygens (including phenoxy) is 3. The molecule has 7 atom stereocenters. The predicted molar refractivity (Wildman–Crippen MR) is 241 cm³/mol. The van der Waals surface area contributed by atoms with Crippen molar-refractivity contribution in [3.8, 4) is 5.75 Å². The van der Waals surface area contributed by atoms with E-state index in [0.29, 0.717) is 60.4 Å². The van der Waals surface area contributed by atoms with E-state index in [1.165, 1.54) is 31.3 Å². The number of carbonyl (C=O) groups excluding carboxylic acids is 6. The summed E-state index contributed by atoms with van der Waals surface area (Å²) in [5.41, 5.74) is 12.2. The topological polar surface area (TPSA) is 330 Å². The highest BCUT2D eigenvalue weighted by Crippen LogP contribution is 2.33. The molecule has 1 aliphatic heterocycles. The van der Waals surface area contributed by atoms with E-state index >= 15 is 0 Å². The predicted octanol–water partition coefficient (Wildman–Crippen LogP) is -0.873. The Bertz CT molecular complexity index is 2130. The molecule has 0 radical (unpaired) electrons. The van der Waals surface area contributed by atoms with Gasteiger partial charge < -0.3 is 66.9 Å². The van der Waals surface area contributed by atoms with E-state index in [1.807, 2.05) is 0 Å². The van der Waals surface area contributed by atoms with Crippen LogP contribution in [0.1, 0.15) is 77.0 Å². The summed E-state index contributed by atoms with van der Waals surface area (Å²) in [7, 11) is 5.08. The SMILES string of the molecule is CCOC(=O)CC(CCCN=C(N)N)C(=O)NCC(=O)NC(CCCCCC(C)=O)C(=O)NC(Cc1ccc(OC)cc1)C(=O)NC1[C@@H](CO)O[C@@H](n2cnc3c(N(C)C)ncnc32)[C@H]1O. The number of rotatable bonds is 27. The number of carbonyl (C=O) groups is 6. The van der Waals surface area contributed by atoms with Gasteiger partial charge in [-0.15, -0.1) is 0 Å². The summed E-state index contributed by atoms with van der Waals surface area (Å²) in [6, 6.07) is 3.14. The first-order valence-electron chi connectivity index (χ1n) is 21.9. The maximum absolute atomic E-state index is 14.3. The highest BCUT2D eigenvalue weighted by molar-refractivity contribution is 5.94. The second kappa shape index (κ2) is 25.9. The van der Waals surface area contributed by atoms with Gasteiger partial charge in [0.05, 0.1) is 45.7 Å². The van der Waals surface area contributed by atoms with Gasteiger partial charge in [0.1, 0.15) is 42.2 Å². The number of hydrogen-bond donors (Lipinski definition) is 8. The summed E-state index contributed by atoms with van der Waals surface area (Å²) in [6.45, 7) is 2.31. The Labute approximate surface area is 382 Å². The van der Waals surface area contributed by atoms with Gasteiger partial charge in [0, 0.05) is 39.4 Å². The van der Waals surface area contributed by atoms with Crippen LogP contribution in [0.5, 0.6) is 5.75 Å². The van der Waals surface area contributed by atoms with Crippen molar-refractivity contribution in [2.75, 3.05) is 52.4 Å². The van der Waals surface area contributed by atoms with E-state index in [-0.39, 0.29) is 50.6 Å². The highest BCUT2D eigenvalue weighted by atomic mass is 16.5. The van der Waals surface area contributed by atoms with Crippen LogP contribution in [0.2, 0.25) is 0 Å². The van der Waals surface area contributed by atoms with Crippen LogP contribution >= 0.6 is 0 Å². The van der Waals surface area contributed by atoms with E-state index in [1.54, 1.807) is 50.2 Å². The van der Waals surface area contributed by atoms with Crippen LogP contribution in [0.4, 0.5) is 5.82 Å². The van der Waals surface area contributed by atoms with Crippen molar-refractivity contribution in [3.63, 3.8) is 0 Å². The Morgan fingerprint density at radius 2 is 1.70 bits per heavy atom. The second-order valence-corrected chi connectivity index (χ2v) is 16.1. The fourth-order valence-electron chi connectivity index (χ4n) is 7.42. The third kappa shape index (κ3) is 15.3. The van der Waals surface area contributed by atoms with E-state index in [4.69, 9.17) is 25.7 Å². The molecule has 0 aliphatic carbocycles. The van der Waals surface area contributed by atoms with Crippen molar-refractivity contribution in [3.05, 3.63) is 42.5 Å². The minimum absolute atomic E-state index is 0.0107. The van der Waals surface area contributed by atoms with Gasteiger partial charge in [-0.05, 0) is 57.2 Å². The molecule has 4 rings (SSSR count). The number of aliphatic hydroxyl groups excluding tert-OH is 2. The summed E-state index contributed by atoms with van der Waals surface area (Å²) in [4.78, 5) is 97.8. The monoisotopic (exact) mass is 924 g/mol. The van der Waals surface area contributed by atoms with E-state index < -0.39 is 85.2 Å². The van der Waals surface area contributed by atoms with Crippen LogP contribution in [0, 0.1) is 5.92 Å². The Morgan fingerprint density at radius 3 is 2.35 bits per heavy atom. The van der Waals surface area contributed by atoms with Gasteiger partial charge >= 0.3 is 5.97 Å². The fourth-order valence-corrected chi connectivity index (χ4v) is 7.42. The van der Waals surface area contributed by atoms with Crippen molar-refractivity contribution >= 4 is 58.3 Å². The average molecular weight is 925 g/mol. The molecule has 1 fully saturated rings. The molecule has 23 nitrogen and oxygen atoms in total. The molecule has 0 saturated carbocycles. The molecule has 10 N–H and O–H groups in total. The number of unbranched alkanes of at least 4 members (excludes halogenated alkanes) is 2. The van der Waals surface area contributed by atoms with E-state index in [2.05, 4.69) is 41.2 Å². The molecule has 3 heterocycles. The number of imidazole rings is 1. The number of methoxy groups -OCH3 is 1. The minimum atomic E-state index is -1.43. The van der Waals surface area contributed by atoms with Gasteiger partial charge in [-0.2, -0.15) is 0 Å². The third-order valence-electron chi connectivity index (χ3n) is 10.8. The number of fused-ring (bicyclic) bond motifs is 1. The summed E-state index contributed by atoms with van der Waals surface area (Å²) in [5.74, 6) is -3.27. The molecule has 23 heteroatoms. The number of esters is 1. The molecule has 4 unspecified atom stereocenters. The Balaban J connectivity index is 1.54. The summed E-state index contributed by atoms with van der Waals surface area (Å²) in [5, 5.41) is 32.8. The zero-order valence-corrected chi connectivity index (χ0v) is 38.1. The molecule has 362 valence electrons. The van der Waals surface area contributed by atoms with Crippen molar-refractivity contribution in [2.24, 2.45) is 22.4 Å². The number of nitrogens with zero attached hydrogens (tertiary/aromatic N) is 6. The van der Waals surface area contributed by atoms with Gasteiger partial charge in [-0.3, -0.25) is 33.5 Å². The van der Waals surface area contributed by atoms with Crippen molar-refractivity contribution in [2.45, 2.75) is 108 Å². The first-order valence-corrected chi connectivity index (χ1v) is 21.9. The number of ketones is 1. The fraction of sp³-hybridized carbons (Fsp3) is 0.581. The first kappa shape index (κ1) is 52.2. The van der Waals surface area contributed by atoms with E-state index in [9.17, 15) is 39.0 Å². The summed E-state index contributed by atoms with van der Waals surface area (Å²) >= 11 is 0. The number of amides is 4. The normalized spacial score (nSPS) is 18.0. The van der Waals surface area contributed by atoms with E-state index in [0.717, 1.165) is 0 Å². The number of benzene rings is 1. The molecule has 1 aromatic carbocycles. The lowest BCUT2D eigenvalue weighted by Crippen LogP contribution is -2.58.